The molecule has 0 spiro atoms. The summed E-state index contributed by atoms with van der Waals surface area (Å²) in [7, 11) is 1.58. The van der Waals surface area contributed by atoms with Gasteiger partial charge in [0.05, 0.1) is 17.1 Å². The minimum atomic E-state index is -0.461. The van der Waals surface area contributed by atoms with E-state index in [0.29, 0.717) is 17.3 Å². The molecule has 0 aromatic heterocycles. The van der Waals surface area contributed by atoms with Crippen LogP contribution in [0.25, 0.3) is 0 Å². The molecule has 0 atom stereocenters. The second-order valence-corrected chi connectivity index (χ2v) is 4.80. The number of rotatable bonds is 5. The molecule has 6 heteroatoms. The van der Waals surface area contributed by atoms with Gasteiger partial charge in [0.15, 0.2) is 0 Å². The number of nitrogens with one attached hydrogen (secondary N) is 1. The van der Waals surface area contributed by atoms with Crippen LogP contribution in [0.4, 0.5) is 11.4 Å². The van der Waals surface area contributed by atoms with Gasteiger partial charge in [-0.1, -0.05) is 11.6 Å². The molecule has 5 nitrogen and oxygen atoms in total. The number of benzene rings is 1. The fourth-order valence-electron chi connectivity index (χ4n) is 1.52. The minimum absolute atomic E-state index is 0.0401. The zero-order valence-electron chi connectivity index (χ0n) is 9.99. The van der Waals surface area contributed by atoms with Gasteiger partial charge in [0.25, 0.3) is 5.69 Å². The van der Waals surface area contributed by atoms with E-state index in [2.05, 4.69) is 5.32 Å². The van der Waals surface area contributed by atoms with Crippen molar-refractivity contribution in [3.05, 3.63) is 33.3 Å². The molecule has 1 N–H and O–H groups in total. The third kappa shape index (κ3) is 3.87. The van der Waals surface area contributed by atoms with Crippen LogP contribution < -0.4 is 5.32 Å². The molecule has 0 saturated heterocycles. The molecule has 0 unspecified atom stereocenters. The van der Waals surface area contributed by atoms with E-state index in [1.54, 1.807) is 19.2 Å². The normalized spacial score (nSPS) is 11.3. The van der Waals surface area contributed by atoms with Crippen molar-refractivity contribution in [3.63, 3.8) is 0 Å². The molecule has 1 rings (SSSR count). The number of hydrogen-bond donors (Lipinski definition) is 1. The quantitative estimate of drug-likeness (QED) is 0.651. The topological polar surface area (TPSA) is 64.4 Å². The van der Waals surface area contributed by atoms with Crippen molar-refractivity contribution >= 4 is 23.0 Å². The number of nitrogens with zero attached hydrogens (tertiary/aromatic N) is 1. The highest BCUT2D eigenvalue weighted by Gasteiger charge is 2.22. The third-order valence-corrected chi connectivity index (χ3v) is 2.37. The minimum Gasteiger partial charge on any atom is -0.382 e. The molecule has 17 heavy (non-hydrogen) atoms. The SMILES string of the molecule is COCC(C)(C)Nc1ccc(Cl)cc1[N+](=O)[O-]. The fourth-order valence-corrected chi connectivity index (χ4v) is 1.69. The van der Waals surface area contributed by atoms with Crippen molar-refractivity contribution in [2.75, 3.05) is 19.0 Å². The Bertz CT molecular complexity index is 421. The molecule has 94 valence electrons. The van der Waals surface area contributed by atoms with E-state index in [1.165, 1.54) is 6.07 Å². The highest BCUT2D eigenvalue weighted by Crippen LogP contribution is 2.29. The summed E-state index contributed by atoms with van der Waals surface area (Å²) in [6, 6.07) is 4.53. The van der Waals surface area contributed by atoms with Crippen LogP contribution in [-0.2, 0) is 4.74 Å². The van der Waals surface area contributed by atoms with Crippen LogP contribution in [0, 0.1) is 10.1 Å². The van der Waals surface area contributed by atoms with Gasteiger partial charge in [-0.2, -0.15) is 0 Å². The lowest BCUT2D eigenvalue weighted by molar-refractivity contribution is -0.384. The first-order valence-electron chi connectivity index (χ1n) is 5.07. The van der Waals surface area contributed by atoms with Crippen LogP contribution >= 0.6 is 11.6 Å². The van der Waals surface area contributed by atoms with E-state index in [9.17, 15) is 10.1 Å². The molecule has 0 saturated carbocycles. The lowest BCUT2D eigenvalue weighted by atomic mass is 10.1. The van der Waals surface area contributed by atoms with E-state index in [0.717, 1.165) is 0 Å². The first-order chi connectivity index (χ1) is 7.85. The molecule has 0 bridgehead atoms. The average molecular weight is 259 g/mol. The van der Waals surface area contributed by atoms with Gasteiger partial charge in [0.1, 0.15) is 5.69 Å². The summed E-state index contributed by atoms with van der Waals surface area (Å²) in [5.41, 5.74) is -0.00371. The van der Waals surface area contributed by atoms with Gasteiger partial charge < -0.3 is 10.1 Å². The largest absolute Gasteiger partial charge is 0.382 e. The zero-order valence-corrected chi connectivity index (χ0v) is 10.7. The highest BCUT2D eigenvalue weighted by atomic mass is 35.5. The third-order valence-electron chi connectivity index (χ3n) is 2.13. The lowest BCUT2D eigenvalue weighted by Gasteiger charge is -2.26. The van der Waals surface area contributed by atoms with E-state index in [1.807, 2.05) is 13.8 Å². The predicted octanol–water partition coefficient (Wildman–Crippen LogP) is 3.09. The molecule has 0 fully saturated rings. The summed E-state index contributed by atoms with van der Waals surface area (Å²) in [4.78, 5) is 10.4. The van der Waals surface area contributed by atoms with Gasteiger partial charge >= 0.3 is 0 Å². The summed E-state index contributed by atoms with van der Waals surface area (Å²) < 4.78 is 5.04. The van der Waals surface area contributed by atoms with Crippen LogP contribution in [0.5, 0.6) is 0 Å². The molecule has 1 aromatic carbocycles. The van der Waals surface area contributed by atoms with Crippen molar-refractivity contribution in [2.45, 2.75) is 19.4 Å². The van der Waals surface area contributed by atoms with E-state index >= 15 is 0 Å². The Morgan fingerprint density at radius 1 is 1.53 bits per heavy atom. The van der Waals surface area contributed by atoms with Crippen molar-refractivity contribution < 1.29 is 9.66 Å². The Hall–Kier alpha value is -1.33. The molecule has 0 aliphatic rings. The number of anilines is 1. The molecule has 0 aliphatic carbocycles. The van der Waals surface area contributed by atoms with Gasteiger partial charge in [-0.3, -0.25) is 10.1 Å². The maximum absolute atomic E-state index is 10.9. The number of nitro benzene ring substituents is 1. The number of ether oxygens (including phenoxy) is 1. The van der Waals surface area contributed by atoms with E-state index < -0.39 is 10.5 Å². The summed E-state index contributed by atoms with van der Waals surface area (Å²) in [5.74, 6) is 0. The smallest absolute Gasteiger partial charge is 0.293 e. The molecular formula is C11H15ClN2O3. The van der Waals surface area contributed by atoms with Crippen molar-refractivity contribution in [3.8, 4) is 0 Å². The van der Waals surface area contributed by atoms with Crippen LogP contribution in [0.2, 0.25) is 5.02 Å². The average Bonchev–Trinajstić information content (AvgIpc) is 2.20. The van der Waals surface area contributed by atoms with Crippen LogP contribution in [0.15, 0.2) is 18.2 Å². The van der Waals surface area contributed by atoms with Gasteiger partial charge in [0.2, 0.25) is 0 Å². The standard InChI is InChI=1S/C11H15ClN2O3/c1-11(2,7-17-3)13-9-5-4-8(12)6-10(9)14(15)16/h4-6,13H,7H2,1-3H3. The molecule has 0 amide bonds. The Kier molecular flexibility index (Phi) is 4.31. The Morgan fingerprint density at radius 2 is 2.18 bits per heavy atom. The van der Waals surface area contributed by atoms with Crippen LogP contribution in [0.3, 0.4) is 0 Å². The first kappa shape index (κ1) is 13.7. The number of methoxy groups -OCH3 is 1. The van der Waals surface area contributed by atoms with E-state index in [4.69, 9.17) is 16.3 Å². The molecule has 1 aromatic rings. The van der Waals surface area contributed by atoms with Gasteiger partial charge in [-0.05, 0) is 26.0 Å². The fraction of sp³-hybridized carbons (Fsp3) is 0.455. The van der Waals surface area contributed by atoms with Crippen LogP contribution in [-0.4, -0.2) is 24.2 Å². The number of hydrogen-bond acceptors (Lipinski definition) is 4. The van der Waals surface area contributed by atoms with Gasteiger partial charge in [-0.15, -0.1) is 0 Å². The molecular weight excluding hydrogens is 244 g/mol. The number of halogens is 1. The van der Waals surface area contributed by atoms with E-state index in [-0.39, 0.29) is 5.69 Å². The second-order valence-electron chi connectivity index (χ2n) is 4.36. The molecule has 0 radical (unpaired) electrons. The summed E-state index contributed by atoms with van der Waals surface area (Å²) in [6.45, 7) is 4.23. The zero-order chi connectivity index (χ0) is 13.1. The summed E-state index contributed by atoms with van der Waals surface area (Å²) in [5, 5.41) is 14.3. The van der Waals surface area contributed by atoms with Gasteiger partial charge in [0, 0.05) is 18.2 Å². The monoisotopic (exact) mass is 258 g/mol. The second kappa shape index (κ2) is 5.33. The van der Waals surface area contributed by atoms with Crippen molar-refractivity contribution in [2.24, 2.45) is 0 Å². The summed E-state index contributed by atoms with van der Waals surface area (Å²) in [6.07, 6.45) is 0. The Balaban J connectivity index is 3.02. The Labute approximate surface area is 105 Å². The predicted molar refractivity (Wildman–Crippen MR) is 67.7 cm³/mol. The molecule has 0 heterocycles. The van der Waals surface area contributed by atoms with Crippen molar-refractivity contribution in [1.82, 2.24) is 0 Å². The maximum atomic E-state index is 10.9. The first-order valence-corrected chi connectivity index (χ1v) is 5.44. The lowest BCUT2D eigenvalue weighted by Crippen LogP contribution is -2.36. The highest BCUT2D eigenvalue weighted by molar-refractivity contribution is 6.30. The van der Waals surface area contributed by atoms with Crippen molar-refractivity contribution in [1.29, 1.82) is 0 Å². The summed E-state index contributed by atoms with van der Waals surface area (Å²) >= 11 is 5.74. The van der Waals surface area contributed by atoms with Crippen LogP contribution in [0.1, 0.15) is 13.8 Å². The maximum Gasteiger partial charge on any atom is 0.293 e. The number of nitro groups is 1. The Morgan fingerprint density at radius 3 is 2.71 bits per heavy atom. The molecule has 0 aliphatic heterocycles. The van der Waals surface area contributed by atoms with Gasteiger partial charge in [-0.25, -0.2) is 0 Å².